The van der Waals surface area contributed by atoms with Crippen molar-refractivity contribution in [3.05, 3.63) is 18.5 Å². The molecule has 0 aliphatic carbocycles. The van der Waals surface area contributed by atoms with Gasteiger partial charge >= 0.3 is 0 Å². The van der Waals surface area contributed by atoms with Gasteiger partial charge in [0.25, 0.3) is 14.2 Å². The number of hydrogen-bond donors (Lipinski definition) is 0. The predicted octanol–water partition coefficient (Wildman–Crippen LogP) is 1.07. The summed E-state index contributed by atoms with van der Waals surface area (Å²) in [6.07, 6.45) is 3.71. The molecule has 0 aliphatic rings. The first-order valence-corrected chi connectivity index (χ1v) is 7.50. The van der Waals surface area contributed by atoms with Crippen LogP contribution in [-0.2, 0) is 15.6 Å². The van der Waals surface area contributed by atoms with E-state index < -0.39 is 9.05 Å². The van der Waals surface area contributed by atoms with Gasteiger partial charge < -0.3 is 0 Å². The molecule has 0 amide bonds. The van der Waals surface area contributed by atoms with Gasteiger partial charge in [-0.25, -0.2) is 8.42 Å². The van der Waals surface area contributed by atoms with Crippen LogP contribution in [0.1, 0.15) is 13.3 Å². The molecule has 2 aromatic heterocycles. The highest BCUT2D eigenvalue weighted by Gasteiger charge is 2.22. The van der Waals surface area contributed by atoms with E-state index in [0.717, 1.165) is 6.42 Å². The highest BCUT2D eigenvalue weighted by molar-refractivity contribution is 8.13. The number of hydrogen-bond acceptors (Lipinski definition) is 6. The molecule has 0 fully saturated rings. The highest BCUT2D eigenvalue weighted by atomic mass is 35.7. The van der Waals surface area contributed by atoms with E-state index >= 15 is 0 Å². The van der Waals surface area contributed by atoms with Gasteiger partial charge in [0, 0.05) is 22.8 Å². The first kappa shape index (κ1) is 12.9. The van der Waals surface area contributed by atoms with E-state index in [9.17, 15) is 8.42 Å². The van der Waals surface area contributed by atoms with E-state index in [-0.39, 0.29) is 5.16 Å². The van der Waals surface area contributed by atoms with E-state index in [0.29, 0.717) is 17.9 Å². The number of rotatable bonds is 4. The summed E-state index contributed by atoms with van der Waals surface area (Å²) in [6.45, 7) is 2.37. The van der Waals surface area contributed by atoms with Crippen LogP contribution in [0.4, 0.5) is 0 Å². The first-order chi connectivity index (χ1) is 8.54. The van der Waals surface area contributed by atoms with Crippen LogP contribution in [0.2, 0.25) is 0 Å². The van der Waals surface area contributed by atoms with Crippen LogP contribution in [0.5, 0.6) is 0 Å². The van der Waals surface area contributed by atoms with Gasteiger partial charge in [-0.1, -0.05) is 6.92 Å². The van der Waals surface area contributed by atoms with E-state index in [1.807, 2.05) is 6.92 Å². The van der Waals surface area contributed by atoms with Gasteiger partial charge in [0.2, 0.25) is 0 Å². The Kier molecular flexibility index (Phi) is 3.58. The van der Waals surface area contributed by atoms with Crippen molar-refractivity contribution in [1.29, 1.82) is 0 Å². The van der Waals surface area contributed by atoms with E-state index in [2.05, 4.69) is 20.4 Å². The molecule has 96 valence electrons. The van der Waals surface area contributed by atoms with Crippen LogP contribution >= 0.6 is 10.7 Å². The molecule has 2 rings (SSSR count). The molecule has 9 heteroatoms. The van der Waals surface area contributed by atoms with Gasteiger partial charge in [-0.05, 0) is 12.5 Å². The number of aromatic nitrogens is 5. The summed E-state index contributed by atoms with van der Waals surface area (Å²) < 4.78 is 24.2. The molecule has 0 atom stereocenters. The maximum absolute atomic E-state index is 11.4. The van der Waals surface area contributed by atoms with Gasteiger partial charge in [0.1, 0.15) is 0 Å². The summed E-state index contributed by atoms with van der Waals surface area (Å²) >= 11 is 0. The zero-order valence-electron chi connectivity index (χ0n) is 9.49. The molecule has 0 N–H and O–H groups in total. The molecular weight excluding hydrogens is 278 g/mol. The summed E-state index contributed by atoms with van der Waals surface area (Å²) in [5.41, 5.74) is 0.637. The minimum atomic E-state index is -3.92. The van der Waals surface area contributed by atoms with Crippen molar-refractivity contribution < 1.29 is 8.42 Å². The second-order valence-corrected chi connectivity index (χ2v) is 5.99. The standard InChI is InChI=1S/C9H10ClN5O2S/c1-2-5-15-8(7-3-4-11-12-6-7)13-14-9(15)18(10,16)17/h3-4,6H,2,5H2,1H3. The molecule has 7 nitrogen and oxygen atoms in total. The average molecular weight is 288 g/mol. The Bertz CT molecular complexity index is 640. The zero-order chi connectivity index (χ0) is 13.2. The SMILES string of the molecule is CCCn1c(-c2ccnnc2)nnc1S(=O)(=O)Cl. The minimum absolute atomic E-state index is 0.252. The third-order valence-electron chi connectivity index (χ3n) is 2.22. The maximum Gasteiger partial charge on any atom is 0.296 e. The molecule has 2 heterocycles. The second-order valence-electron chi connectivity index (χ2n) is 3.53. The molecular formula is C9H10ClN5O2S. The lowest BCUT2D eigenvalue weighted by atomic mass is 10.3. The van der Waals surface area contributed by atoms with Gasteiger partial charge in [-0.3, -0.25) is 4.57 Å². The molecule has 0 saturated carbocycles. The van der Waals surface area contributed by atoms with Crippen molar-refractivity contribution in [1.82, 2.24) is 25.0 Å². The van der Waals surface area contributed by atoms with Gasteiger partial charge in [-0.2, -0.15) is 10.2 Å². The maximum atomic E-state index is 11.4. The molecule has 0 radical (unpaired) electrons. The van der Waals surface area contributed by atoms with Crippen LogP contribution in [0.3, 0.4) is 0 Å². The summed E-state index contributed by atoms with van der Waals surface area (Å²) in [5, 5.41) is 14.6. The van der Waals surface area contributed by atoms with Gasteiger partial charge in [-0.15, -0.1) is 10.2 Å². The largest absolute Gasteiger partial charge is 0.297 e. The van der Waals surface area contributed by atoms with Crippen molar-refractivity contribution in [2.24, 2.45) is 0 Å². The molecule has 2 aromatic rings. The normalized spacial score (nSPS) is 11.7. The second kappa shape index (κ2) is 4.99. The third-order valence-corrected chi connectivity index (χ3v) is 3.38. The molecule has 0 saturated heterocycles. The van der Waals surface area contributed by atoms with Crippen LogP contribution in [0.25, 0.3) is 11.4 Å². The lowest BCUT2D eigenvalue weighted by molar-refractivity contribution is 0.570. The number of nitrogens with zero attached hydrogens (tertiary/aromatic N) is 5. The van der Waals surface area contributed by atoms with Crippen molar-refractivity contribution in [3.8, 4) is 11.4 Å². The van der Waals surface area contributed by atoms with Crippen LogP contribution in [0, 0.1) is 0 Å². The molecule has 18 heavy (non-hydrogen) atoms. The summed E-state index contributed by atoms with van der Waals surface area (Å²) in [4.78, 5) is 0. The van der Waals surface area contributed by atoms with Crippen LogP contribution < -0.4 is 0 Å². The highest BCUT2D eigenvalue weighted by Crippen LogP contribution is 2.21. The van der Waals surface area contributed by atoms with Crippen molar-refractivity contribution in [2.45, 2.75) is 25.0 Å². The zero-order valence-corrected chi connectivity index (χ0v) is 11.1. The van der Waals surface area contributed by atoms with Crippen molar-refractivity contribution >= 4 is 19.7 Å². The van der Waals surface area contributed by atoms with E-state index in [1.54, 1.807) is 6.07 Å². The molecule has 0 spiro atoms. The smallest absolute Gasteiger partial charge is 0.296 e. The van der Waals surface area contributed by atoms with Gasteiger partial charge in [0.15, 0.2) is 5.82 Å². The Balaban J connectivity index is 2.60. The van der Waals surface area contributed by atoms with Crippen molar-refractivity contribution in [2.75, 3.05) is 0 Å². The topological polar surface area (TPSA) is 90.6 Å². The van der Waals surface area contributed by atoms with Crippen molar-refractivity contribution in [3.63, 3.8) is 0 Å². The molecule has 0 bridgehead atoms. The Labute approximate surface area is 108 Å². The fraction of sp³-hybridized carbons (Fsp3) is 0.333. The molecule has 0 aromatic carbocycles. The average Bonchev–Trinajstić information content (AvgIpc) is 2.74. The monoisotopic (exact) mass is 287 g/mol. The quantitative estimate of drug-likeness (QED) is 0.781. The Morgan fingerprint density at radius 3 is 2.67 bits per heavy atom. The third kappa shape index (κ3) is 2.49. The Morgan fingerprint density at radius 1 is 1.33 bits per heavy atom. The number of halogens is 1. The molecule has 0 unspecified atom stereocenters. The predicted molar refractivity (Wildman–Crippen MR) is 64.4 cm³/mol. The summed E-state index contributed by atoms with van der Waals surface area (Å²) in [7, 11) is 1.40. The van der Waals surface area contributed by atoms with Crippen LogP contribution in [-0.4, -0.2) is 33.4 Å². The summed E-state index contributed by atoms with van der Waals surface area (Å²) in [6, 6.07) is 1.67. The fourth-order valence-corrected chi connectivity index (χ4v) is 2.45. The van der Waals surface area contributed by atoms with E-state index in [4.69, 9.17) is 10.7 Å². The fourth-order valence-electron chi connectivity index (χ4n) is 1.53. The van der Waals surface area contributed by atoms with E-state index in [1.165, 1.54) is 17.0 Å². The Hall–Kier alpha value is -1.54. The lowest BCUT2D eigenvalue weighted by Gasteiger charge is -2.06. The minimum Gasteiger partial charge on any atom is -0.297 e. The van der Waals surface area contributed by atoms with Crippen LogP contribution in [0.15, 0.2) is 23.6 Å². The summed E-state index contributed by atoms with van der Waals surface area (Å²) in [5.74, 6) is 0.408. The van der Waals surface area contributed by atoms with Gasteiger partial charge in [0.05, 0.1) is 12.4 Å². The first-order valence-electron chi connectivity index (χ1n) is 5.19. The lowest BCUT2D eigenvalue weighted by Crippen LogP contribution is -2.07. The Morgan fingerprint density at radius 2 is 2.11 bits per heavy atom. The molecule has 0 aliphatic heterocycles.